The Morgan fingerprint density at radius 3 is 1.10 bits per heavy atom. The number of carbonyl (C=O) groups is 4. The van der Waals surface area contributed by atoms with Crippen molar-refractivity contribution in [3.8, 4) is 0 Å². The molecule has 0 aliphatic heterocycles. The molecular weight excluding hydrogens is 512 g/mol. The van der Waals surface area contributed by atoms with Crippen molar-refractivity contribution in [3.63, 3.8) is 0 Å². The van der Waals surface area contributed by atoms with Gasteiger partial charge in [0.05, 0.1) is 0 Å². The fourth-order valence-corrected chi connectivity index (χ4v) is 3.32. The van der Waals surface area contributed by atoms with E-state index in [-0.39, 0.29) is 0 Å². The maximum absolute atomic E-state index is 12.8. The third-order valence-electron chi connectivity index (χ3n) is 4.96. The zero-order valence-corrected chi connectivity index (χ0v) is 23.4. The monoisotopic (exact) mass is 546 g/mol. The Balaban J connectivity index is 1.57. The number of rotatable bonds is 6. The number of benzene rings is 3. The molecule has 0 saturated heterocycles. The number of amides is 4. The molecule has 0 unspecified atom stereocenters. The summed E-state index contributed by atoms with van der Waals surface area (Å²) in [5.41, 5.74) is 1.40. The van der Waals surface area contributed by atoms with Crippen molar-refractivity contribution >= 4 is 46.8 Å². The second-order valence-corrected chi connectivity index (χ2v) is 10.9. The Morgan fingerprint density at radius 2 is 0.800 bits per heavy atom. The molecule has 4 N–H and O–H groups in total. The van der Waals surface area contributed by atoms with Crippen molar-refractivity contribution in [2.75, 3.05) is 21.3 Å². The van der Waals surface area contributed by atoms with Gasteiger partial charge in [-0.1, -0.05) is 6.07 Å². The molecule has 0 aliphatic carbocycles. The Hall–Kier alpha value is -4.86. The molecule has 0 radical (unpaired) electrons. The van der Waals surface area contributed by atoms with Gasteiger partial charge in [-0.05, 0) is 108 Å². The van der Waals surface area contributed by atoms with Gasteiger partial charge in [0.1, 0.15) is 11.2 Å². The van der Waals surface area contributed by atoms with E-state index in [2.05, 4.69) is 21.3 Å². The topological polar surface area (TPSA) is 135 Å². The third-order valence-corrected chi connectivity index (χ3v) is 4.96. The van der Waals surface area contributed by atoms with Crippen LogP contribution < -0.4 is 21.3 Å². The summed E-state index contributed by atoms with van der Waals surface area (Å²) in [6.45, 7) is 10.6. The SMILES string of the molecule is CC(C)(C)OC(=O)Nc1ccc(NC(=O)c2cccc(C(=O)Nc3ccc(NC(=O)OC(C)(C)C)cc3)c2)cc1. The van der Waals surface area contributed by atoms with Crippen LogP contribution in [0.1, 0.15) is 62.3 Å². The molecule has 3 aromatic rings. The number of ether oxygens (including phenoxy) is 2. The lowest BCUT2D eigenvalue weighted by Gasteiger charge is -2.19. The minimum absolute atomic E-state index is 0.292. The quantitative estimate of drug-likeness (QED) is 0.266. The molecule has 10 nitrogen and oxygen atoms in total. The van der Waals surface area contributed by atoms with Gasteiger partial charge in [0, 0.05) is 33.9 Å². The Kier molecular flexibility index (Phi) is 9.15. The summed E-state index contributed by atoms with van der Waals surface area (Å²) in [5, 5.41) is 10.8. The van der Waals surface area contributed by atoms with Gasteiger partial charge in [0.2, 0.25) is 0 Å². The van der Waals surface area contributed by atoms with Crippen LogP contribution in [0.25, 0.3) is 0 Å². The molecule has 0 bridgehead atoms. The first-order valence-electron chi connectivity index (χ1n) is 12.6. The van der Waals surface area contributed by atoms with Crippen LogP contribution in [0, 0.1) is 0 Å². The summed E-state index contributed by atoms with van der Waals surface area (Å²) in [6.07, 6.45) is -1.15. The summed E-state index contributed by atoms with van der Waals surface area (Å²) in [6, 6.07) is 19.4. The Morgan fingerprint density at radius 1 is 0.500 bits per heavy atom. The summed E-state index contributed by atoms with van der Waals surface area (Å²) in [4.78, 5) is 49.4. The van der Waals surface area contributed by atoms with E-state index in [9.17, 15) is 19.2 Å². The van der Waals surface area contributed by atoms with Gasteiger partial charge in [-0.25, -0.2) is 9.59 Å². The highest BCUT2D eigenvalue weighted by molar-refractivity contribution is 6.08. The second kappa shape index (κ2) is 12.3. The lowest BCUT2D eigenvalue weighted by atomic mass is 10.1. The first-order chi connectivity index (χ1) is 18.7. The van der Waals surface area contributed by atoms with Gasteiger partial charge in [0.25, 0.3) is 11.8 Å². The molecule has 210 valence electrons. The largest absolute Gasteiger partial charge is 0.444 e. The van der Waals surface area contributed by atoms with Crippen LogP contribution in [0.2, 0.25) is 0 Å². The fraction of sp³-hybridized carbons (Fsp3) is 0.267. The first-order valence-corrected chi connectivity index (χ1v) is 12.6. The van der Waals surface area contributed by atoms with Gasteiger partial charge in [-0.3, -0.25) is 20.2 Å². The van der Waals surface area contributed by atoms with E-state index in [0.29, 0.717) is 33.9 Å². The molecule has 10 heteroatoms. The molecule has 0 aromatic heterocycles. The van der Waals surface area contributed by atoms with Gasteiger partial charge in [-0.15, -0.1) is 0 Å². The molecule has 3 aromatic carbocycles. The van der Waals surface area contributed by atoms with E-state index in [4.69, 9.17) is 9.47 Å². The van der Waals surface area contributed by atoms with E-state index >= 15 is 0 Å². The molecule has 0 spiro atoms. The first kappa shape index (κ1) is 29.7. The molecule has 0 saturated carbocycles. The lowest BCUT2D eigenvalue weighted by molar-refractivity contribution is 0.0624. The minimum Gasteiger partial charge on any atom is -0.444 e. The van der Waals surface area contributed by atoms with Crippen LogP contribution in [-0.4, -0.2) is 35.2 Å². The van der Waals surface area contributed by atoms with E-state index in [1.54, 1.807) is 108 Å². The highest BCUT2D eigenvalue weighted by Crippen LogP contribution is 2.19. The summed E-state index contributed by atoms with van der Waals surface area (Å²) in [5.74, 6) is -0.805. The summed E-state index contributed by atoms with van der Waals surface area (Å²) >= 11 is 0. The van der Waals surface area contributed by atoms with Gasteiger partial charge < -0.3 is 20.1 Å². The zero-order chi connectivity index (χ0) is 29.5. The Bertz CT molecular complexity index is 1270. The van der Waals surface area contributed by atoms with E-state index < -0.39 is 35.2 Å². The molecule has 0 aliphatic rings. The van der Waals surface area contributed by atoms with Crippen LogP contribution in [0.3, 0.4) is 0 Å². The average Bonchev–Trinajstić information content (AvgIpc) is 2.84. The summed E-state index contributed by atoms with van der Waals surface area (Å²) in [7, 11) is 0. The van der Waals surface area contributed by atoms with Crippen molar-refractivity contribution in [1.29, 1.82) is 0 Å². The van der Waals surface area contributed by atoms with Crippen molar-refractivity contribution in [2.45, 2.75) is 52.7 Å². The highest BCUT2D eigenvalue weighted by Gasteiger charge is 2.17. The molecule has 3 rings (SSSR count). The Labute approximate surface area is 233 Å². The number of anilines is 4. The minimum atomic E-state index is -0.616. The smallest absolute Gasteiger partial charge is 0.412 e. The van der Waals surface area contributed by atoms with Crippen LogP contribution in [0.5, 0.6) is 0 Å². The number of hydrogen-bond acceptors (Lipinski definition) is 6. The fourth-order valence-electron chi connectivity index (χ4n) is 3.32. The zero-order valence-electron chi connectivity index (χ0n) is 23.4. The molecule has 0 fully saturated rings. The van der Waals surface area contributed by atoms with Crippen LogP contribution in [0.15, 0.2) is 72.8 Å². The van der Waals surface area contributed by atoms with Gasteiger partial charge >= 0.3 is 12.2 Å². The van der Waals surface area contributed by atoms with Crippen LogP contribution in [0.4, 0.5) is 32.3 Å². The maximum atomic E-state index is 12.8. The maximum Gasteiger partial charge on any atom is 0.412 e. The second-order valence-electron chi connectivity index (χ2n) is 10.9. The molecule has 4 amide bonds. The van der Waals surface area contributed by atoms with Gasteiger partial charge in [0.15, 0.2) is 0 Å². The number of nitrogens with one attached hydrogen (secondary N) is 4. The van der Waals surface area contributed by atoms with Crippen molar-refractivity contribution in [1.82, 2.24) is 0 Å². The summed E-state index contributed by atoms with van der Waals surface area (Å²) < 4.78 is 10.4. The highest BCUT2D eigenvalue weighted by atomic mass is 16.6. The van der Waals surface area contributed by atoms with Crippen LogP contribution >= 0.6 is 0 Å². The van der Waals surface area contributed by atoms with E-state index in [1.807, 2.05) is 0 Å². The van der Waals surface area contributed by atoms with Gasteiger partial charge in [-0.2, -0.15) is 0 Å². The predicted molar refractivity (Wildman–Crippen MR) is 155 cm³/mol. The molecule has 0 atom stereocenters. The average molecular weight is 547 g/mol. The van der Waals surface area contributed by atoms with Crippen LogP contribution in [-0.2, 0) is 9.47 Å². The standard InChI is InChI=1S/C30H34N4O6/c1-29(2,3)39-27(37)33-23-14-10-21(11-15-23)31-25(35)19-8-7-9-20(18-19)26(36)32-22-12-16-24(17-13-22)34-28(38)40-30(4,5)6/h7-18H,1-6H3,(H,31,35)(H,32,36)(H,33,37)(H,34,38). The van der Waals surface area contributed by atoms with E-state index in [1.165, 1.54) is 6.07 Å². The molecule has 0 heterocycles. The number of hydrogen-bond donors (Lipinski definition) is 4. The van der Waals surface area contributed by atoms with Crippen molar-refractivity contribution < 1.29 is 28.7 Å². The predicted octanol–water partition coefficient (Wildman–Crippen LogP) is 6.89. The lowest BCUT2D eigenvalue weighted by Crippen LogP contribution is -2.27. The van der Waals surface area contributed by atoms with Crippen molar-refractivity contribution in [3.05, 3.63) is 83.9 Å². The van der Waals surface area contributed by atoms with E-state index in [0.717, 1.165) is 0 Å². The number of carbonyl (C=O) groups excluding carboxylic acids is 4. The normalized spacial score (nSPS) is 11.2. The molecule has 40 heavy (non-hydrogen) atoms. The molecular formula is C30H34N4O6. The third kappa shape index (κ3) is 9.79. The van der Waals surface area contributed by atoms with Crippen molar-refractivity contribution in [2.24, 2.45) is 0 Å².